The number of fused-ring (bicyclic) bond motifs is 1. The Kier molecular flexibility index (Phi) is 1.92. The van der Waals surface area contributed by atoms with E-state index in [9.17, 15) is 0 Å². The zero-order valence-electron chi connectivity index (χ0n) is 8.69. The lowest BCUT2D eigenvalue weighted by molar-refractivity contribution is 0.559. The lowest BCUT2D eigenvalue weighted by Crippen LogP contribution is -2.31. The number of hydrogen-bond donors (Lipinski definition) is 0. The van der Waals surface area contributed by atoms with E-state index >= 15 is 0 Å². The van der Waals surface area contributed by atoms with Gasteiger partial charge in [0.05, 0.1) is 11.6 Å². The Morgan fingerprint density at radius 1 is 1.40 bits per heavy atom. The average molecular weight is 198 g/mol. The molecule has 2 heteroatoms. The second kappa shape index (κ2) is 3.27. The van der Waals surface area contributed by atoms with Gasteiger partial charge in [-0.2, -0.15) is 5.26 Å². The third-order valence-electron chi connectivity index (χ3n) is 3.57. The van der Waals surface area contributed by atoms with Crippen LogP contribution in [-0.4, -0.2) is 12.6 Å². The van der Waals surface area contributed by atoms with Gasteiger partial charge >= 0.3 is 0 Å². The highest BCUT2D eigenvalue weighted by Crippen LogP contribution is 2.44. The Hall–Kier alpha value is -1.49. The molecular weight excluding hydrogens is 184 g/mol. The SMILES string of the molecule is N#Cc1cccc(N2CCCC3CC32)c1. The molecule has 0 amide bonds. The lowest BCUT2D eigenvalue weighted by atomic mass is 10.1. The van der Waals surface area contributed by atoms with Gasteiger partial charge in [0.15, 0.2) is 0 Å². The van der Waals surface area contributed by atoms with Crippen LogP contribution in [0.15, 0.2) is 24.3 Å². The molecule has 2 nitrogen and oxygen atoms in total. The quantitative estimate of drug-likeness (QED) is 0.693. The summed E-state index contributed by atoms with van der Waals surface area (Å²) in [5.74, 6) is 0.935. The standard InChI is InChI=1S/C13H14N2/c14-9-10-3-1-5-12(7-10)15-6-2-4-11-8-13(11)15/h1,3,5,7,11,13H,2,4,6,8H2. The molecule has 15 heavy (non-hydrogen) atoms. The van der Waals surface area contributed by atoms with Gasteiger partial charge in [-0.25, -0.2) is 0 Å². The van der Waals surface area contributed by atoms with Crippen LogP contribution in [0.3, 0.4) is 0 Å². The topological polar surface area (TPSA) is 27.0 Å². The first kappa shape index (κ1) is 8.79. The van der Waals surface area contributed by atoms with E-state index in [1.807, 2.05) is 18.2 Å². The maximum absolute atomic E-state index is 8.87. The van der Waals surface area contributed by atoms with Crippen molar-refractivity contribution in [3.05, 3.63) is 29.8 Å². The molecule has 1 aromatic carbocycles. The van der Waals surface area contributed by atoms with Gasteiger partial charge in [0, 0.05) is 18.3 Å². The Bertz CT molecular complexity index is 419. The first-order valence-electron chi connectivity index (χ1n) is 5.65. The molecule has 1 aliphatic heterocycles. The minimum atomic E-state index is 0.771. The van der Waals surface area contributed by atoms with Crippen LogP contribution in [0.4, 0.5) is 5.69 Å². The summed E-state index contributed by atoms with van der Waals surface area (Å²) in [6.07, 6.45) is 4.06. The van der Waals surface area contributed by atoms with Crippen molar-refractivity contribution in [3.63, 3.8) is 0 Å². The van der Waals surface area contributed by atoms with Crippen molar-refractivity contribution in [3.8, 4) is 6.07 Å². The Labute approximate surface area is 90.1 Å². The van der Waals surface area contributed by atoms with E-state index in [1.54, 1.807) is 0 Å². The molecule has 0 N–H and O–H groups in total. The van der Waals surface area contributed by atoms with Crippen LogP contribution >= 0.6 is 0 Å². The van der Waals surface area contributed by atoms with Gasteiger partial charge < -0.3 is 4.90 Å². The van der Waals surface area contributed by atoms with Crippen LogP contribution < -0.4 is 4.90 Å². The Morgan fingerprint density at radius 2 is 2.33 bits per heavy atom. The first-order valence-corrected chi connectivity index (χ1v) is 5.65. The fourth-order valence-electron chi connectivity index (χ4n) is 2.69. The summed E-state index contributed by atoms with van der Waals surface area (Å²) in [6.45, 7) is 1.16. The predicted molar refractivity (Wildman–Crippen MR) is 59.6 cm³/mol. The molecule has 1 saturated heterocycles. The molecule has 2 unspecified atom stereocenters. The number of hydrogen-bond acceptors (Lipinski definition) is 2. The van der Waals surface area contributed by atoms with Gasteiger partial charge in [-0.3, -0.25) is 0 Å². The van der Waals surface area contributed by atoms with Crippen molar-refractivity contribution in [2.45, 2.75) is 25.3 Å². The van der Waals surface area contributed by atoms with Crippen LogP contribution in [-0.2, 0) is 0 Å². The van der Waals surface area contributed by atoms with E-state index in [2.05, 4.69) is 17.0 Å². The van der Waals surface area contributed by atoms with Crippen LogP contribution in [0.1, 0.15) is 24.8 Å². The molecule has 2 fully saturated rings. The van der Waals surface area contributed by atoms with Crippen molar-refractivity contribution in [1.29, 1.82) is 5.26 Å². The van der Waals surface area contributed by atoms with E-state index in [0.717, 1.165) is 24.1 Å². The van der Waals surface area contributed by atoms with Crippen LogP contribution in [0.2, 0.25) is 0 Å². The Balaban J connectivity index is 1.89. The minimum Gasteiger partial charge on any atom is -0.368 e. The van der Waals surface area contributed by atoms with Crippen molar-refractivity contribution in [2.24, 2.45) is 5.92 Å². The zero-order valence-corrected chi connectivity index (χ0v) is 8.69. The number of piperidine rings is 1. The van der Waals surface area contributed by atoms with Gasteiger partial charge in [0.2, 0.25) is 0 Å². The molecule has 0 spiro atoms. The molecular formula is C13H14N2. The van der Waals surface area contributed by atoms with Crippen molar-refractivity contribution < 1.29 is 0 Å². The fraction of sp³-hybridized carbons (Fsp3) is 0.462. The summed E-state index contributed by atoms with van der Waals surface area (Å²) in [7, 11) is 0. The number of rotatable bonds is 1. The second-order valence-corrected chi connectivity index (χ2v) is 4.56. The van der Waals surface area contributed by atoms with E-state index in [1.165, 1.54) is 24.9 Å². The van der Waals surface area contributed by atoms with Crippen LogP contribution in [0.5, 0.6) is 0 Å². The van der Waals surface area contributed by atoms with Crippen LogP contribution in [0, 0.1) is 17.2 Å². The third kappa shape index (κ3) is 1.48. The molecule has 0 aromatic heterocycles. The van der Waals surface area contributed by atoms with Gasteiger partial charge in [0.25, 0.3) is 0 Å². The average Bonchev–Trinajstić information content (AvgIpc) is 3.07. The second-order valence-electron chi connectivity index (χ2n) is 4.56. The summed E-state index contributed by atoms with van der Waals surface area (Å²) in [6, 6.07) is 11.0. The molecule has 1 aliphatic carbocycles. The molecule has 1 saturated carbocycles. The van der Waals surface area contributed by atoms with E-state index in [-0.39, 0.29) is 0 Å². The fourth-order valence-corrected chi connectivity index (χ4v) is 2.69. The molecule has 0 bridgehead atoms. The molecule has 1 aromatic rings. The summed E-state index contributed by atoms with van der Waals surface area (Å²) in [4.78, 5) is 2.48. The first-order chi connectivity index (χ1) is 7.38. The summed E-state index contributed by atoms with van der Waals surface area (Å²) in [5, 5.41) is 8.87. The van der Waals surface area contributed by atoms with Gasteiger partial charge in [0.1, 0.15) is 0 Å². The number of nitrogens with zero attached hydrogens (tertiary/aromatic N) is 2. The molecule has 2 aliphatic rings. The van der Waals surface area contributed by atoms with Gasteiger partial charge in [-0.15, -0.1) is 0 Å². The molecule has 76 valence electrons. The minimum absolute atomic E-state index is 0.771. The smallest absolute Gasteiger partial charge is 0.0992 e. The van der Waals surface area contributed by atoms with Crippen LogP contribution in [0.25, 0.3) is 0 Å². The highest BCUT2D eigenvalue weighted by Gasteiger charge is 2.43. The normalized spacial score (nSPS) is 28.1. The van der Waals surface area contributed by atoms with Crippen molar-refractivity contribution in [2.75, 3.05) is 11.4 Å². The molecule has 2 atom stereocenters. The van der Waals surface area contributed by atoms with Crippen molar-refractivity contribution in [1.82, 2.24) is 0 Å². The molecule has 0 radical (unpaired) electrons. The highest BCUT2D eigenvalue weighted by atomic mass is 15.2. The number of benzene rings is 1. The number of anilines is 1. The van der Waals surface area contributed by atoms with E-state index in [0.29, 0.717) is 0 Å². The van der Waals surface area contributed by atoms with Crippen molar-refractivity contribution >= 4 is 5.69 Å². The molecule has 1 heterocycles. The predicted octanol–water partition coefficient (Wildman–Crippen LogP) is 2.55. The molecule has 3 rings (SSSR count). The maximum Gasteiger partial charge on any atom is 0.0992 e. The Morgan fingerprint density at radius 3 is 3.20 bits per heavy atom. The lowest BCUT2D eigenvalue weighted by Gasteiger charge is -2.28. The summed E-state index contributed by atoms with van der Waals surface area (Å²) >= 11 is 0. The third-order valence-corrected chi connectivity index (χ3v) is 3.57. The highest BCUT2D eigenvalue weighted by molar-refractivity contribution is 5.53. The largest absolute Gasteiger partial charge is 0.368 e. The van der Waals surface area contributed by atoms with E-state index < -0.39 is 0 Å². The maximum atomic E-state index is 8.87. The summed E-state index contributed by atoms with van der Waals surface area (Å²) in [5.41, 5.74) is 2.01. The number of nitriles is 1. The summed E-state index contributed by atoms with van der Waals surface area (Å²) < 4.78 is 0. The van der Waals surface area contributed by atoms with Gasteiger partial charge in [-0.1, -0.05) is 6.07 Å². The van der Waals surface area contributed by atoms with Gasteiger partial charge in [-0.05, 0) is 43.4 Å². The monoisotopic (exact) mass is 198 g/mol. The van der Waals surface area contributed by atoms with E-state index in [4.69, 9.17) is 5.26 Å². The zero-order chi connectivity index (χ0) is 10.3.